The molecule has 0 bridgehead atoms. The van der Waals surface area contributed by atoms with E-state index in [1.807, 2.05) is 0 Å². The highest BCUT2D eigenvalue weighted by molar-refractivity contribution is 8.13. The minimum Gasteiger partial charge on any atom is -0.364 e. The van der Waals surface area contributed by atoms with Gasteiger partial charge in [0.25, 0.3) is 20.6 Å². The molecule has 2 aromatic rings. The number of rotatable bonds is 4. The van der Waals surface area contributed by atoms with Crippen molar-refractivity contribution in [3.63, 3.8) is 0 Å². The van der Waals surface area contributed by atoms with Gasteiger partial charge in [-0.25, -0.2) is 8.42 Å². The number of hydrogen-bond donors (Lipinski definition) is 1. The summed E-state index contributed by atoms with van der Waals surface area (Å²) in [5, 5.41) is 16.6. The SMILES string of the molecule is O=C(Nc1ccc(S(=O)(=O)Cl)cc1[N+](=O)[O-])c1ccon1. The van der Waals surface area contributed by atoms with Crippen LogP contribution in [0.4, 0.5) is 11.4 Å². The maximum atomic E-state index is 11.7. The maximum Gasteiger partial charge on any atom is 0.294 e. The minimum atomic E-state index is -4.12. The van der Waals surface area contributed by atoms with E-state index in [0.29, 0.717) is 0 Å². The molecule has 0 aliphatic carbocycles. The van der Waals surface area contributed by atoms with Crippen LogP contribution in [0.3, 0.4) is 0 Å². The van der Waals surface area contributed by atoms with Crippen LogP contribution in [-0.4, -0.2) is 24.4 Å². The molecule has 0 radical (unpaired) electrons. The number of benzene rings is 1. The van der Waals surface area contributed by atoms with Crippen LogP contribution in [0.5, 0.6) is 0 Å². The van der Waals surface area contributed by atoms with Crippen LogP contribution in [0.2, 0.25) is 0 Å². The van der Waals surface area contributed by atoms with Crippen LogP contribution >= 0.6 is 10.7 Å². The van der Waals surface area contributed by atoms with Crippen LogP contribution in [0.25, 0.3) is 0 Å². The lowest BCUT2D eigenvalue weighted by molar-refractivity contribution is -0.384. The van der Waals surface area contributed by atoms with Gasteiger partial charge in [-0.3, -0.25) is 14.9 Å². The number of nitrogens with one attached hydrogen (secondary N) is 1. The standard InChI is InChI=1S/C10H6ClN3O6S/c11-21(18,19)6-1-2-7(9(5-6)14(16)17)12-10(15)8-3-4-20-13-8/h1-5H,(H,12,15). The Labute approximate surface area is 122 Å². The van der Waals surface area contributed by atoms with Gasteiger partial charge in [-0.15, -0.1) is 0 Å². The first-order valence-electron chi connectivity index (χ1n) is 5.24. The smallest absolute Gasteiger partial charge is 0.294 e. The van der Waals surface area contributed by atoms with Crippen molar-refractivity contribution < 1.29 is 22.7 Å². The van der Waals surface area contributed by atoms with Gasteiger partial charge in [0.2, 0.25) is 0 Å². The number of nitro benzene ring substituents is 1. The third kappa shape index (κ3) is 3.35. The fourth-order valence-electron chi connectivity index (χ4n) is 1.44. The largest absolute Gasteiger partial charge is 0.364 e. The molecular formula is C10H6ClN3O6S. The maximum absolute atomic E-state index is 11.7. The fraction of sp³-hybridized carbons (Fsp3) is 0. The van der Waals surface area contributed by atoms with Gasteiger partial charge >= 0.3 is 0 Å². The highest BCUT2D eigenvalue weighted by Crippen LogP contribution is 2.29. The van der Waals surface area contributed by atoms with E-state index < -0.39 is 30.5 Å². The molecule has 0 spiro atoms. The zero-order chi connectivity index (χ0) is 15.6. The van der Waals surface area contributed by atoms with E-state index >= 15 is 0 Å². The number of halogens is 1. The zero-order valence-corrected chi connectivity index (χ0v) is 11.6. The summed E-state index contributed by atoms with van der Waals surface area (Å²) in [6.07, 6.45) is 1.16. The summed E-state index contributed by atoms with van der Waals surface area (Å²) in [6, 6.07) is 4.11. The summed E-state index contributed by atoms with van der Waals surface area (Å²) in [5.41, 5.74) is -0.899. The van der Waals surface area contributed by atoms with E-state index in [1.165, 1.54) is 6.07 Å². The van der Waals surface area contributed by atoms with Crippen molar-refractivity contribution in [2.75, 3.05) is 5.32 Å². The third-order valence-electron chi connectivity index (χ3n) is 2.37. The average molecular weight is 332 g/mol. The first-order chi connectivity index (χ1) is 9.79. The number of carbonyl (C=O) groups excluding carboxylic acids is 1. The van der Waals surface area contributed by atoms with E-state index in [4.69, 9.17) is 10.7 Å². The first-order valence-corrected chi connectivity index (χ1v) is 7.55. The predicted molar refractivity (Wildman–Crippen MR) is 70.6 cm³/mol. The Kier molecular flexibility index (Phi) is 3.91. The lowest BCUT2D eigenvalue weighted by atomic mass is 10.2. The summed E-state index contributed by atoms with van der Waals surface area (Å²) < 4.78 is 26.8. The highest BCUT2D eigenvalue weighted by atomic mass is 35.7. The van der Waals surface area contributed by atoms with Crippen LogP contribution in [0.1, 0.15) is 10.5 Å². The van der Waals surface area contributed by atoms with Gasteiger partial charge in [0.1, 0.15) is 12.0 Å². The van der Waals surface area contributed by atoms with Gasteiger partial charge in [-0.2, -0.15) is 0 Å². The Morgan fingerprint density at radius 2 is 2.10 bits per heavy atom. The highest BCUT2D eigenvalue weighted by Gasteiger charge is 2.22. The molecule has 0 unspecified atom stereocenters. The number of carbonyl (C=O) groups is 1. The van der Waals surface area contributed by atoms with Crippen molar-refractivity contribution >= 4 is 37.0 Å². The van der Waals surface area contributed by atoms with E-state index in [-0.39, 0.29) is 11.4 Å². The number of anilines is 1. The molecule has 0 aliphatic rings. The summed E-state index contributed by atoms with van der Waals surface area (Å²) in [4.78, 5) is 21.4. The molecule has 1 aromatic carbocycles. The van der Waals surface area contributed by atoms with Crippen LogP contribution in [0, 0.1) is 10.1 Å². The fourth-order valence-corrected chi connectivity index (χ4v) is 2.21. The molecule has 11 heteroatoms. The molecule has 2 rings (SSSR count). The van der Waals surface area contributed by atoms with E-state index in [0.717, 1.165) is 24.5 Å². The summed E-state index contributed by atoms with van der Waals surface area (Å²) in [6.45, 7) is 0. The number of hydrogen-bond acceptors (Lipinski definition) is 7. The van der Waals surface area contributed by atoms with Crippen LogP contribution in [0.15, 0.2) is 39.9 Å². The summed E-state index contributed by atoms with van der Waals surface area (Å²) >= 11 is 0. The van der Waals surface area contributed by atoms with Crippen molar-refractivity contribution in [1.82, 2.24) is 5.16 Å². The monoisotopic (exact) mass is 331 g/mol. The first kappa shape index (κ1) is 14.9. The molecule has 1 amide bonds. The van der Waals surface area contributed by atoms with E-state index in [1.54, 1.807) is 0 Å². The summed E-state index contributed by atoms with van der Waals surface area (Å²) in [7, 11) is 0.995. The molecular weight excluding hydrogens is 326 g/mol. The Morgan fingerprint density at radius 1 is 1.38 bits per heavy atom. The molecule has 0 saturated carbocycles. The van der Waals surface area contributed by atoms with Gasteiger partial charge in [-0.1, -0.05) is 5.16 Å². The molecule has 0 aliphatic heterocycles. The molecule has 9 nitrogen and oxygen atoms in total. The van der Waals surface area contributed by atoms with Crippen molar-refractivity contribution in [3.05, 3.63) is 46.3 Å². The zero-order valence-electron chi connectivity index (χ0n) is 10.0. The van der Waals surface area contributed by atoms with Crippen LogP contribution in [-0.2, 0) is 9.05 Å². The predicted octanol–water partition coefficient (Wildman–Crippen LogP) is 1.76. The molecule has 0 atom stereocenters. The Morgan fingerprint density at radius 3 is 2.62 bits per heavy atom. The third-order valence-corrected chi connectivity index (χ3v) is 3.72. The normalized spacial score (nSPS) is 11.1. The van der Waals surface area contributed by atoms with Gasteiger partial charge in [0.05, 0.1) is 9.82 Å². The van der Waals surface area contributed by atoms with Crippen LogP contribution < -0.4 is 5.32 Å². The molecule has 1 heterocycles. The second kappa shape index (κ2) is 5.50. The molecule has 0 saturated heterocycles. The van der Waals surface area contributed by atoms with Gasteiger partial charge in [0.15, 0.2) is 5.69 Å². The van der Waals surface area contributed by atoms with Gasteiger partial charge in [-0.05, 0) is 12.1 Å². The second-order valence-electron chi connectivity index (χ2n) is 3.71. The topological polar surface area (TPSA) is 132 Å². The Hall–Kier alpha value is -2.46. The molecule has 0 fully saturated rings. The molecule has 21 heavy (non-hydrogen) atoms. The number of nitrogens with zero attached hydrogens (tertiary/aromatic N) is 2. The van der Waals surface area contributed by atoms with Crippen molar-refractivity contribution in [2.24, 2.45) is 0 Å². The number of nitro groups is 1. The van der Waals surface area contributed by atoms with E-state index in [9.17, 15) is 23.3 Å². The van der Waals surface area contributed by atoms with Crippen molar-refractivity contribution in [1.29, 1.82) is 0 Å². The van der Waals surface area contributed by atoms with Crippen molar-refractivity contribution in [2.45, 2.75) is 4.90 Å². The van der Waals surface area contributed by atoms with Crippen molar-refractivity contribution in [3.8, 4) is 0 Å². The summed E-state index contributed by atoms with van der Waals surface area (Å²) in [5.74, 6) is -0.742. The lowest BCUT2D eigenvalue weighted by Crippen LogP contribution is -2.13. The van der Waals surface area contributed by atoms with Gasteiger partial charge < -0.3 is 9.84 Å². The molecule has 1 N–H and O–H groups in total. The number of amides is 1. The Bertz CT molecular complexity index is 802. The second-order valence-corrected chi connectivity index (χ2v) is 6.28. The van der Waals surface area contributed by atoms with Gasteiger partial charge in [0, 0.05) is 22.8 Å². The number of aromatic nitrogens is 1. The minimum absolute atomic E-state index is 0.0849. The lowest BCUT2D eigenvalue weighted by Gasteiger charge is -2.05. The average Bonchev–Trinajstić information content (AvgIpc) is 2.91. The molecule has 110 valence electrons. The molecule has 1 aromatic heterocycles. The quantitative estimate of drug-likeness (QED) is 0.512. The van der Waals surface area contributed by atoms with E-state index in [2.05, 4.69) is 15.0 Å². The Balaban J connectivity index is 2.40.